The Morgan fingerprint density at radius 1 is 1.24 bits per heavy atom. The molecule has 2 aliphatic rings. The minimum Gasteiger partial charge on any atom is -0.381 e. The molecule has 0 amide bonds. The minimum atomic E-state index is 0. The van der Waals surface area contributed by atoms with Gasteiger partial charge in [0.25, 0.3) is 0 Å². The monoisotopic (exact) mass is 466 g/mol. The van der Waals surface area contributed by atoms with E-state index in [4.69, 9.17) is 4.74 Å². The van der Waals surface area contributed by atoms with E-state index in [0.29, 0.717) is 0 Å². The fourth-order valence-corrected chi connectivity index (χ4v) is 3.74. The molecule has 6 heteroatoms. The van der Waals surface area contributed by atoms with Crippen molar-refractivity contribution in [2.24, 2.45) is 16.8 Å². The van der Waals surface area contributed by atoms with Crippen molar-refractivity contribution in [3.63, 3.8) is 0 Å². The molecule has 0 heterocycles. The van der Waals surface area contributed by atoms with Crippen molar-refractivity contribution in [1.82, 2.24) is 15.5 Å². The first-order valence-corrected chi connectivity index (χ1v) is 9.75. The Kier molecular flexibility index (Phi) is 10.6. The Morgan fingerprint density at radius 2 is 2.00 bits per heavy atom. The molecule has 2 N–H and O–H groups in total. The van der Waals surface area contributed by atoms with Gasteiger partial charge in [-0.2, -0.15) is 0 Å². The van der Waals surface area contributed by atoms with Crippen LogP contribution in [-0.4, -0.2) is 63.8 Å². The van der Waals surface area contributed by atoms with Crippen molar-refractivity contribution < 1.29 is 4.74 Å². The topological polar surface area (TPSA) is 48.9 Å². The quantitative estimate of drug-likeness (QED) is 0.237. The smallest absolute Gasteiger partial charge is 0.191 e. The van der Waals surface area contributed by atoms with Crippen LogP contribution in [0.2, 0.25) is 0 Å². The lowest BCUT2D eigenvalue weighted by Gasteiger charge is -2.45. The molecule has 0 spiro atoms. The van der Waals surface area contributed by atoms with Gasteiger partial charge in [-0.15, -0.1) is 24.0 Å². The molecule has 0 radical (unpaired) electrons. The van der Waals surface area contributed by atoms with Gasteiger partial charge in [-0.05, 0) is 58.0 Å². The molecule has 148 valence electrons. The average molecular weight is 466 g/mol. The summed E-state index contributed by atoms with van der Waals surface area (Å²) in [5.74, 6) is 2.57. The van der Waals surface area contributed by atoms with Crippen molar-refractivity contribution >= 4 is 29.9 Å². The van der Waals surface area contributed by atoms with Gasteiger partial charge >= 0.3 is 0 Å². The molecule has 2 rings (SSSR count). The van der Waals surface area contributed by atoms with Gasteiger partial charge in [0.15, 0.2) is 5.96 Å². The highest BCUT2D eigenvalue weighted by atomic mass is 127. The van der Waals surface area contributed by atoms with Crippen LogP contribution < -0.4 is 10.6 Å². The van der Waals surface area contributed by atoms with Crippen molar-refractivity contribution in [1.29, 1.82) is 0 Å². The van der Waals surface area contributed by atoms with Crippen molar-refractivity contribution in [2.75, 3.05) is 47.4 Å². The van der Waals surface area contributed by atoms with Crippen LogP contribution in [0.4, 0.5) is 0 Å². The second kappa shape index (κ2) is 11.6. The second-order valence-corrected chi connectivity index (χ2v) is 8.04. The number of aliphatic imine (C=N–C) groups is 1. The van der Waals surface area contributed by atoms with E-state index in [9.17, 15) is 0 Å². The SMILES string of the molecule is CN=C(NCCCOCC1CC1)NCC1(N(C)C)CCCC(C)C1.I. The lowest BCUT2D eigenvalue weighted by molar-refractivity contribution is 0.0795. The molecular weight excluding hydrogens is 427 g/mol. The van der Waals surface area contributed by atoms with Crippen molar-refractivity contribution in [2.45, 2.75) is 57.4 Å². The zero-order valence-electron chi connectivity index (χ0n) is 16.6. The molecule has 2 unspecified atom stereocenters. The van der Waals surface area contributed by atoms with Gasteiger partial charge in [-0.1, -0.05) is 19.8 Å². The molecule has 0 aliphatic heterocycles. The van der Waals surface area contributed by atoms with E-state index >= 15 is 0 Å². The summed E-state index contributed by atoms with van der Waals surface area (Å²) in [5.41, 5.74) is 0.253. The van der Waals surface area contributed by atoms with Crippen LogP contribution in [-0.2, 0) is 4.74 Å². The van der Waals surface area contributed by atoms with Gasteiger partial charge in [0.05, 0.1) is 0 Å². The first-order chi connectivity index (χ1) is 11.6. The third kappa shape index (κ3) is 7.99. The van der Waals surface area contributed by atoms with Gasteiger partial charge < -0.3 is 20.3 Å². The third-order valence-corrected chi connectivity index (χ3v) is 5.63. The van der Waals surface area contributed by atoms with Gasteiger partial charge in [0.1, 0.15) is 0 Å². The number of nitrogens with zero attached hydrogens (tertiary/aromatic N) is 2. The fourth-order valence-electron chi connectivity index (χ4n) is 3.74. The van der Waals surface area contributed by atoms with Crippen molar-refractivity contribution in [3.05, 3.63) is 0 Å². The van der Waals surface area contributed by atoms with E-state index in [1.54, 1.807) is 0 Å². The summed E-state index contributed by atoms with van der Waals surface area (Å²) >= 11 is 0. The Balaban J connectivity index is 0.00000312. The molecular formula is C19H39IN4O. The first-order valence-electron chi connectivity index (χ1n) is 9.75. The second-order valence-electron chi connectivity index (χ2n) is 8.04. The molecule has 0 saturated heterocycles. The predicted octanol–water partition coefficient (Wildman–Crippen LogP) is 3.10. The lowest BCUT2D eigenvalue weighted by Crippen LogP contribution is -2.56. The van der Waals surface area contributed by atoms with Crippen molar-refractivity contribution in [3.8, 4) is 0 Å². The molecule has 2 aliphatic carbocycles. The van der Waals surface area contributed by atoms with Crippen LogP contribution in [0.1, 0.15) is 51.9 Å². The summed E-state index contributed by atoms with van der Waals surface area (Å²) in [5, 5.41) is 6.98. The molecule has 0 bridgehead atoms. The number of likely N-dealkylation sites (N-methyl/N-ethyl adjacent to an activating group) is 1. The van der Waals surface area contributed by atoms with Crippen LogP contribution in [0, 0.1) is 11.8 Å². The predicted molar refractivity (Wildman–Crippen MR) is 117 cm³/mol. The van der Waals surface area contributed by atoms with Gasteiger partial charge in [-0.25, -0.2) is 0 Å². The molecule has 2 saturated carbocycles. The van der Waals surface area contributed by atoms with E-state index in [-0.39, 0.29) is 29.5 Å². The van der Waals surface area contributed by atoms with E-state index in [1.807, 2.05) is 7.05 Å². The third-order valence-electron chi connectivity index (χ3n) is 5.63. The van der Waals surface area contributed by atoms with E-state index < -0.39 is 0 Å². The maximum Gasteiger partial charge on any atom is 0.191 e. The summed E-state index contributed by atoms with van der Waals surface area (Å²) < 4.78 is 5.68. The number of ether oxygens (including phenoxy) is 1. The summed E-state index contributed by atoms with van der Waals surface area (Å²) in [7, 11) is 6.28. The largest absolute Gasteiger partial charge is 0.381 e. The van der Waals surface area contributed by atoms with Gasteiger partial charge in [0, 0.05) is 38.9 Å². The molecule has 0 aromatic heterocycles. The Labute approximate surface area is 171 Å². The molecule has 2 atom stereocenters. The normalized spacial score (nSPS) is 27.1. The van der Waals surface area contributed by atoms with Crippen LogP contribution in [0.3, 0.4) is 0 Å². The molecule has 0 aromatic carbocycles. The number of halogens is 1. The number of nitrogens with one attached hydrogen (secondary N) is 2. The van der Waals surface area contributed by atoms with Crippen LogP contribution >= 0.6 is 24.0 Å². The van der Waals surface area contributed by atoms with E-state index in [0.717, 1.165) is 50.5 Å². The Bertz CT molecular complexity index is 401. The maximum absolute atomic E-state index is 5.68. The highest BCUT2D eigenvalue weighted by Gasteiger charge is 2.36. The standard InChI is InChI=1S/C19H38N4O.HI/c1-16-7-5-10-19(13-16,23(3)4)15-22-18(20-2)21-11-6-12-24-14-17-8-9-17;/h16-17H,5-15H2,1-4H3,(H2,20,21,22);1H. The van der Waals surface area contributed by atoms with E-state index in [2.05, 4.69) is 41.5 Å². The van der Waals surface area contributed by atoms with E-state index in [1.165, 1.54) is 38.5 Å². The molecule has 0 aromatic rings. The highest BCUT2D eigenvalue weighted by Crippen LogP contribution is 2.35. The maximum atomic E-state index is 5.68. The highest BCUT2D eigenvalue weighted by molar-refractivity contribution is 14.0. The lowest BCUT2D eigenvalue weighted by atomic mass is 9.75. The van der Waals surface area contributed by atoms with Gasteiger partial charge in [-0.3, -0.25) is 4.99 Å². The summed E-state index contributed by atoms with van der Waals surface area (Å²) in [6.07, 6.45) is 8.97. The number of hydrogen-bond acceptors (Lipinski definition) is 3. The number of hydrogen-bond donors (Lipinski definition) is 2. The summed E-state index contributed by atoms with van der Waals surface area (Å²) in [4.78, 5) is 6.78. The van der Waals surface area contributed by atoms with Crippen LogP contribution in [0.15, 0.2) is 4.99 Å². The molecule has 25 heavy (non-hydrogen) atoms. The summed E-state index contributed by atoms with van der Waals surface area (Å²) in [6, 6.07) is 0. The number of rotatable bonds is 9. The fraction of sp³-hybridized carbons (Fsp3) is 0.947. The first kappa shape index (κ1) is 23.0. The van der Waals surface area contributed by atoms with Crippen LogP contribution in [0.5, 0.6) is 0 Å². The average Bonchev–Trinajstić information content (AvgIpc) is 3.37. The number of guanidine groups is 1. The van der Waals surface area contributed by atoms with Gasteiger partial charge in [0.2, 0.25) is 0 Å². The molecule has 2 fully saturated rings. The molecule has 5 nitrogen and oxygen atoms in total. The minimum absolute atomic E-state index is 0. The summed E-state index contributed by atoms with van der Waals surface area (Å²) in [6.45, 7) is 6.06. The zero-order valence-corrected chi connectivity index (χ0v) is 19.0. The Hall–Kier alpha value is -0.0800. The van der Waals surface area contributed by atoms with Crippen LogP contribution in [0.25, 0.3) is 0 Å². The zero-order chi connectivity index (χ0) is 17.4. The Morgan fingerprint density at radius 3 is 2.60 bits per heavy atom.